The second kappa shape index (κ2) is 8.09. The van der Waals surface area contributed by atoms with Crippen molar-refractivity contribution in [3.8, 4) is 0 Å². The molecule has 3 aromatic rings. The number of hydrogen-bond donors (Lipinski definition) is 1. The number of halogens is 3. The molecule has 0 spiro atoms. The summed E-state index contributed by atoms with van der Waals surface area (Å²) in [7, 11) is 0. The predicted molar refractivity (Wildman–Crippen MR) is 112 cm³/mol. The highest BCUT2D eigenvalue weighted by molar-refractivity contribution is 6.43. The fraction of sp³-hybridized carbons (Fsp3) is 0.333. The molecule has 0 saturated carbocycles. The van der Waals surface area contributed by atoms with Gasteiger partial charge in [-0.1, -0.05) is 29.3 Å². The largest absolute Gasteiger partial charge is 0.368 e. The summed E-state index contributed by atoms with van der Waals surface area (Å²) in [6.07, 6.45) is 4.01. The number of anilines is 1. The number of benzene rings is 2. The van der Waals surface area contributed by atoms with E-state index in [4.69, 9.17) is 23.2 Å². The minimum absolute atomic E-state index is 0.181. The van der Waals surface area contributed by atoms with E-state index in [-0.39, 0.29) is 5.82 Å². The predicted octanol–water partition coefficient (Wildman–Crippen LogP) is 5.37. The number of nitrogens with one attached hydrogen (secondary N) is 1. The third-order valence-corrected chi connectivity index (χ3v) is 6.10. The number of nitrogens with zero attached hydrogens (tertiary/aromatic N) is 2. The molecule has 1 aromatic heterocycles. The molecule has 2 aromatic carbocycles. The van der Waals surface area contributed by atoms with Crippen LogP contribution in [-0.4, -0.2) is 42.6 Å². The average molecular weight is 406 g/mol. The highest BCUT2D eigenvalue weighted by Gasteiger charge is 2.19. The first-order chi connectivity index (χ1) is 13.1. The fourth-order valence-electron chi connectivity index (χ4n) is 3.80. The van der Waals surface area contributed by atoms with Crippen LogP contribution < -0.4 is 4.90 Å². The van der Waals surface area contributed by atoms with Gasteiger partial charge in [0, 0.05) is 43.3 Å². The molecule has 1 aliphatic rings. The van der Waals surface area contributed by atoms with Gasteiger partial charge in [0.25, 0.3) is 0 Å². The maximum atomic E-state index is 13.5. The lowest BCUT2D eigenvalue weighted by Crippen LogP contribution is -2.46. The van der Waals surface area contributed by atoms with Gasteiger partial charge < -0.3 is 9.88 Å². The zero-order valence-electron chi connectivity index (χ0n) is 15.0. The van der Waals surface area contributed by atoms with Gasteiger partial charge in [0.2, 0.25) is 0 Å². The van der Waals surface area contributed by atoms with E-state index in [2.05, 4.69) is 14.8 Å². The second-order valence-electron chi connectivity index (χ2n) is 7.01. The van der Waals surface area contributed by atoms with Gasteiger partial charge in [-0.15, -0.1) is 0 Å². The van der Waals surface area contributed by atoms with Crippen molar-refractivity contribution >= 4 is 39.8 Å². The molecule has 1 saturated heterocycles. The summed E-state index contributed by atoms with van der Waals surface area (Å²) in [5.74, 6) is -0.181. The lowest BCUT2D eigenvalue weighted by atomic mass is 10.1. The molecule has 0 bridgehead atoms. The molecule has 0 amide bonds. The van der Waals surface area contributed by atoms with Crippen molar-refractivity contribution in [3.05, 3.63) is 64.0 Å². The summed E-state index contributed by atoms with van der Waals surface area (Å²) in [4.78, 5) is 8.00. The van der Waals surface area contributed by atoms with E-state index >= 15 is 0 Å². The summed E-state index contributed by atoms with van der Waals surface area (Å²) in [6.45, 7) is 4.94. The minimum atomic E-state index is -0.181. The topological polar surface area (TPSA) is 22.3 Å². The molecule has 6 heteroatoms. The highest BCUT2D eigenvalue weighted by atomic mass is 35.5. The molecule has 0 unspecified atom stereocenters. The van der Waals surface area contributed by atoms with Crippen molar-refractivity contribution in [3.63, 3.8) is 0 Å². The van der Waals surface area contributed by atoms with Crippen LogP contribution in [0.2, 0.25) is 10.0 Å². The van der Waals surface area contributed by atoms with Crippen LogP contribution in [-0.2, 0) is 6.42 Å². The Labute approximate surface area is 168 Å². The van der Waals surface area contributed by atoms with Gasteiger partial charge in [0.15, 0.2) is 0 Å². The molecule has 1 fully saturated rings. The number of fused-ring (bicyclic) bond motifs is 1. The zero-order chi connectivity index (χ0) is 18.8. The number of aryl methyl sites for hydroxylation is 1. The number of piperazine rings is 1. The van der Waals surface area contributed by atoms with Crippen molar-refractivity contribution in [1.29, 1.82) is 0 Å². The number of aromatic nitrogens is 1. The van der Waals surface area contributed by atoms with Gasteiger partial charge in [0.05, 0.1) is 15.7 Å². The third-order valence-electron chi connectivity index (χ3n) is 5.29. The van der Waals surface area contributed by atoms with Crippen LogP contribution in [0, 0.1) is 5.82 Å². The number of hydrogen-bond acceptors (Lipinski definition) is 2. The number of rotatable bonds is 5. The number of H-pyrrole nitrogens is 1. The summed E-state index contributed by atoms with van der Waals surface area (Å²) >= 11 is 12.5. The Kier molecular flexibility index (Phi) is 5.58. The van der Waals surface area contributed by atoms with E-state index in [9.17, 15) is 4.39 Å². The molecule has 0 atom stereocenters. The molecule has 2 heterocycles. The quantitative estimate of drug-likeness (QED) is 0.616. The first-order valence-corrected chi connectivity index (χ1v) is 10.0. The van der Waals surface area contributed by atoms with Crippen LogP contribution in [0.3, 0.4) is 0 Å². The fourth-order valence-corrected chi connectivity index (χ4v) is 4.21. The normalized spacial score (nSPS) is 15.6. The number of aromatic amines is 1. The first-order valence-electron chi connectivity index (χ1n) is 9.28. The summed E-state index contributed by atoms with van der Waals surface area (Å²) < 4.78 is 13.5. The minimum Gasteiger partial charge on any atom is -0.368 e. The molecular formula is C21H22Cl2FN3. The first kappa shape index (κ1) is 18.6. The molecule has 142 valence electrons. The Hall–Kier alpha value is -1.75. The standard InChI is InChI=1S/C21H22Cl2FN3/c22-18-4-1-5-20(21(18)23)27-11-9-26(10-12-27)8-2-3-15-14-25-19-7-6-16(24)13-17(15)19/h1,4-7,13-14,25H,2-3,8-12H2. The molecule has 0 aliphatic carbocycles. The van der Waals surface area contributed by atoms with E-state index < -0.39 is 0 Å². The summed E-state index contributed by atoms with van der Waals surface area (Å²) in [5, 5.41) is 2.24. The van der Waals surface area contributed by atoms with Crippen LogP contribution in [0.25, 0.3) is 10.9 Å². The van der Waals surface area contributed by atoms with Crippen molar-refractivity contribution in [2.75, 3.05) is 37.6 Å². The van der Waals surface area contributed by atoms with E-state index in [0.29, 0.717) is 10.0 Å². The van der Waals surface area contributed by atoms with Gasteiger partial charge in [-0.3, -0.25) is 4.90 Å². The summed E-state index contributed by atoms with van der Waals surface area (Å²) in [5.41, 5.74) is 3.21. The molecule has 4 rings (SSSR count). The average Bonchev–Trinajstić information content (AvgIpc) is 3.07. The lowest BCUT2D eigenvalue weighted by molar-refractivity contribution is 0.255. The van der Waals surface area contributed by atoms with Crippen LogP contribution in [0.15, 0.2) is 42.6 Å². The SMILES string of the molecule is Fc1ccc2[nH]cc(CCCN3CCN(c4cccc(Cl)c4Cl)CC3)c2c1. The van der Waals surface area contributed by atoms with Crippen LogP contribution in [0.4, 0.5) is 10.1 Å². The molecule has 0 radical (unpaired) electrons. The van der Waals surface area contributed by atoms with Crippen molar-refractivity contribution in [1.82, 2.24) is 9.88 Å². The maximum absolute atomic E-state index is 13.5. The van der Waals surface area contributed by atoms with Gasteiger partial charge in [-0.25, -0.2) is 4.39 Å². The molecular weight excluding hydrogens is 384 g/mol. The highest BCUT2D eigenvalue weighted by Crippen LogP contribution is 2.32. The Morgan fingerprint density at radius 1 is 1.04 bits per heavy atom. The van der Waals surface area contributed by atoms with E-state index in [0.717, 1.165) is 62.2 Å². The van der Waals surface area contributed by atoms with E-state index in [1.54, 1.807) is 12.1 Å². The van der Waals surface area contributed by atoms with Crippen molar-refractivity contribution in [2.24, 2.45) is 0 Å². The molecule has 1 N–H and O–H groups in total. The monoisotopic (exact) mass is 405 g/mol. The Morgan fingerprint density at radius 2 is 1.85 bits per heavy atom. The van der Waals surface area contributed by atoms with Crippen LogP contribution in [0.5, 0.6) is 0 Å². The smallest absolute Gasteiger partial charge is 0.123 e. The van der Waals surface area contributed by atoms with Crippen LogP contribution in [0.1, 0.15) is 12.0 Å². The van der Waals surface area contributed by atoms with Crippen molar-refractivity contribution in [2.45, 2.75) is 12.8 Å². The lowest BCUT2D eigenvalue weighted by Gasteiger charge is -2.36. The Balaban J connectivity index is 1.29. The van der Waals surface area contributed by atoms with Crippen LogP contribution >= 0.6 is 23.2 Å². The van der Waals surface area contributed by atoms with Gasteiger partial charge in [-0.2, -0.15) is 0 Å². The molecule has 3 nitrogen and oxygen atoms in total. The van der Waals surface area contributed by atoms with Gasteiger partial charge in [0.1, 0.15) is 5.82 Å². The summed E-state index contributed by atoms with van der Waals surface area (Å²) in [6, 6.07) is 10.7. The zero-order valence-corrected chi connectivity index (χ0v) is 16.5. The molecule has 27 heavy (non-hydrogen) atoms. The van der Waals surface area contributed by atoms with Gasteiger partial charge in [-0.05, 0) is 55.3 Å². The van der Waals surface area contributed by atoms with E-state index in [1.165, 1.54) is 11.6 Å². The second-order valence-corrected chi connectivity index (χ2v) is 7.79. The van der Waals surface area contributed by atoms with Gasteiger partial charge >= 0.3 is 0 Å². The Bertz CT molecular complexity index is 932. The Morgan fingerprint density at radius 3 is 2.67 bits per heavy atom. The molecule has 1 aliphatic heterocycles. The van der Waals surface area contributed by atoms with Crippen molar-refractivity contribution < 1.29 is 4.39 Å². The third kappa shape index (κ3) is 4.08. The van der Waals surface area contributed by atoms with E-state index in [1.807, 2.05) is 24.4 Å². The maximum Gasteiger partial charge on any atom is 0.123 e.